The lowest BCUT2D eigenvalue weighted by Crippen LogP contribution is -2.63. The van der Waals surface area contributed by atoms with Crippen LogP contribution in [-0.2, 0) is 10.2 Å². The molecule has 2 aliphatic rings. The van der Waals surface area contributed by atoms with Crippen LogP contribution in [0.1, 0.15) is 6.42 Å². The molecule has 14 heavy (non-hydrogen) atoms. The fourth-order valence-electron chi connectivity index (χ4n) is 1.83. The summed E-state index contributed by atoms with van der Waals surface area (Å²) in [4.78, 5) is 2.23. The number of nitrogens with one attached hydrogen (secondary N) is 1. The van der Waals surface area contributed by atoms with Crippen molar-refractivity contribution in [2.45, 2.75) is 12.6 Å². The summed E-state index contributed by atoms with van der Waals surface area (Å²) in [7, 11) is -3.51. The Morgan fingerprint density at radius 1 is 1.29 bits per heavy atom. The molecule has 0 saturated carbocycles. The Hall–Kier alpha value is -0.210. The van der Waals surface area contributed by atoms with E-state index >= 15 is 0 Å². The zero-order chi connectivity index (χ0) is 10.2. The monoisotopic (exact) mass is 220 g/mol. The third-order valence-corrected chi connectivity index (χ3v) is 3.86. The van der Waals surface area contributed by atoms with Gasteiger partial charge >= 0.3 is 0 Å². The highest BCUT2D eigenvalue weighted by Gasteiger charge is 2.31. The van der Waals surface area contributed by atoms with Crippen molar-refractivity contribution in [1.29, 1.82) is 0 Å². The van der Waals surface area contributed by atoms with Gasteiger partial charge in [0.25, 0.3) is 10.2 Å². The number of rotatable bonds is 2. The van der Waals surface area contributed by atoms with Crippen LogP contribution < -0.4 is 10.5 Å². The number of hydrogen-bond acceptors (Lipinski definition) is 4. The van der Waals surface area contributed by atoms with Gasteiger partial charge in [-0.25, -0.2) is 5.14 Å². The van der Waals surface area contributed by atoms with Gasteiger partial charge < -0.3 is 0 Å². The van der Waals surface area contributed by atoms with E-state index in [0.717, 1.165) is 13.1 Å². The van der Waals surface area contributed by atoms with E-state index < -0.39 is 10.2 Å². The maximum atomic E-state index is 11.1. The van der Waals surface area contributed by atoms with Crippen LogP contribution in [0.25, 0.3) is 0 Å². The molecule has 0 aromatic carbocycles. The van der Waals surface area contributed by atoms with Gasteiger partial charge in [0.2, 0.25) is 0 Å². The van der Waals surface area contributed by atoms with Gasteiger partial charge in [0.05, 0.1) is 6.17 Å². The van der Waals surface area contributed by atoms with Crippen LogP contribution >= 0.6 is 0 Å². The lowest BCUT2D eigenvalue weighted by molar-refractivity contribution is 0.0648. The summed E-state index contributed by atoms with van der Waals surface area (Å²) in [5, 5.41) is 8.37. The van der Waals surface area contributed by atoms with Crippen molar-refractivity contribution in [3.8, 4) is 0 Å². The van der Waals surface area contributed by atoms with Gasteiger partial charge in [0.15, 0.2) is 0 Å². The lowest BCUT2D eigenvalue weighted by Gasteiger charge is -2.43. The second-order valence-electron chi connectivity index (χ2n) is 3.76. The van der Waals surface area contributed by atoms with Crippen molar-refractivity contribution in [3.05, 3.63) is 0 Å². The van der Waals surface area contributed by atoms with Crippen LogP contribution in [-0.4, -0.2) is 56.5 Å². The summed E-state index contributed by atoms with van der Waals surface area (Å²) in [5.41, 5.74) is 0. The maximum absolute atomic E-state index is 11.1. The van der Waals surface area contributed by atoms with Gasteiger partial charge in [-0.3, -0.25) is 10.2 Å². The quantitative estimate of drug-likeness (QED) is 0.571. The third-order valence-electron chi connectivity index (χ3n) is 2.81. The third kappa shape index (κ3) is 2.06. The summed E-state index contributed by atoms with van der Waals surface area (Å²) in [6.07, 6.45) is 1.35. The SMILES string of the molecule is NS(=O)(=O)N1CCNC(N2CCC2)C1. The Morgan fingerprint density at radius 3 is 2.50 bits per heavy atom. The van der Waals surface area contributed by atoms with Gasteiger partial charge in [-0.2, -0.15) is 12.7 Å². The maximum Gasteiger partial charge on any atom is 0.277 e. The highest BCUT2D eigenvalue weighted by atomic mass is 32.2. The number of hydrogen-bond donors (Lipinski definition) is 2. The molecule has 0 bridgehead atoms. The first-order chi connectivity index (χ1) is 6.57. The van der Waals surface area contributed by atoms with Crippen LogP contribution in [0.3, 0.4) is 0 Å². The van der Waals surface area contributed by atoms with Gasteiger partial charge in [-0.1, -0.05) is 0 Å². The summed E-state index contributed by atoms with van der Waals surface area (Å²) in [6.45, 7) is 3.73. The minimum absolute atomic E-state index is 0.149. The van der Waals surface area contributed by atoms with E-state index in [2.05, 4.69) is 10.2 Å². The highest BCUT2D eigenvalue weighted by molar-refractivity contribution is 7.86. The second kappa shape index (κ2) is 3.74. The molecule has 2 aliphatic heterocycles. The van der Waals surface area contributed by atoms with Crippen LogP contribution in [0, 0.1) is 0 Å². The molecule has 0 aliphatic carbocycles. The fraction of sp³-hybridized carbons (Fsp3) is 1.00. The minimum atomic E-state index is -3.51. The van der Waals surface area contributed by atoms with Crippen LogP contribution in [0.4, 0.5) is 0 Å². The van der Waals surface area contributed by atoms with Crippen LogP contribution in [0.15, 0.2) is 0 Å². The van der Waals surface area contributed by atoms with Crippen molar-refractivity contribution < 1.29 is 8.42 Å². The van der Waals surface area contributed by atoms with Crippen molar-refractivity contribution in [2.75, 3.05) is 32.7 Å². The standard InChI is InChI=1S/C7H16N4O2S/c8-14(12,13)11-5-2-9-7(6-11)10-3-1-4-10/h7,9H,1-6H2,(H2,8,12,13). The number of piperazine rings is 1. The Bertz CT molecular complexity index is 301. The minimum Gasteiger partial charge on any atom is -0.299 e. The summed E-state index contributed by atoms with van der Waals surface area (Å²) in [6, 6.07) is 0. The zero-order valence-electron chi connectivity index (χ0n) is 8.02. The molecule has 82 valence electrons. The Balaban J connectivity index is 1.96. The number of nitrogens with two attached hydrogens (primary N) is 1. The first-order valence-electron chi connectivity index (χ1n) is 4.83. The molecule has 2 rings (SSSR count). The molecule has 3 N–H and O–H groups in total. The largest absolute Gasteiger partial charge is 0.299 e. The van der Waals surface area contributed by atoms with Crippen molar-refractivity contribution in [3.63, 3.8) is 0 Å². The van der Waals surface area contributed by atoms with E-state index in [9.17, 15) is 8.42 Å². The zero-order valence-corrected chi connectivity index (χ0v) is 8.83. The van der Waals surface area contributed by atoms with E-state index in [0.29, 0.717) is 19.6 Å². The van der Waals surface area contributed by atoms with Gasteiger partial charge in [0.1, 0.15) is 0 Å². The summed E-state index contributed by atoms with van der Waals surface area (Å²) < 4.78 is 23.6. The van der Waals surface area contributed by atoms with Crippen LogP contribution in [0.5, 0.6) is 0 Å². The van der Waals surface area contributed by atoms with E-state index in [1.807, 2.05) is 0 Å². The molecule has 0 spiro atoms. The Labute approximate surface area is 84.2 Å². The predicted molar refractivity (Wildman–Crippen MR) is 52.7 cm³/mol. The molecule has 1 unspecified atom stereocenters. The first kappa shape index (κ1) is 10.3. The molecule has 1 atom stereocenters. The smallest absolute Gasteiger partial charge is 0.277 e. The molecule has 7 heteroatoms. The average Bonchev–Trinajstić information content (AvgIpc) is 2.00. The van der Waals surface area contributed by atoms with Crippen molar-refractivity contribution in [2.24, 2.45) is 5.14 Å². The van der Waals surface area contributed by atoms with Crippen molar-refractivity contribution in [1.82, 2.24) is 14.5 Å². The average molecular weight is 220 g/mol. The molecule has 0 radical (unpaired) electrons. The Morgan fingerprint density at radius 2 is 2.00 bits per heavy atom. The summed E-state index contributed by atoms with van der Waals surface area (Å²) >= 11 is 0. The highest BCUT2D eigenvalue weighted by Crippen LogP contribution is 2.13. The lowest BCUT2D eigenvalue weighted by atomic mass is 10.2. The van der Waals surface area contributed by atoms with Crippen molar-refractivity contribution >= 4 is 10.2 Å². The fourth-order valence-corrected chi connectivity index (χ4v) is 2.53. The van der Waals surface area contributed by atoms with E-state index in [1.165, 1.54) is 10.7 Å². The van der Waals surface area contributed by atoms with Gasteiger partial charge in [0, 0.05) is 32.7 Å². The summed E-state index contributed by atoms with van der Waals surface area (Å²) in [5.74, 6) is 0. The molecular weight excluding hydrogens is 204 g/mol. The van der Waals surface area contributed by atoms with E-state index in [1.54, 1.807) is 0 Å². The van der Waals surface area contributed by atoms with Gasteiger partial charge in [-0.05, 0) is 6.42 Å². The molecule has 2 fully saturated rings. The predicted octanol–water partition coefficient (Wildman–Crippen LogP) is -1.87. The topological polar surface area (TPSA) is 78.7 Å². The molecule has 2 saturated heterocycles. The number of nitrogens with zero attached hydrogens (tertiary/aromatic N) is 2. The van der Waals surface area contributed by atoms with E-state index in [-0.39, 0.29) is 6.17 Å². The van der Waals surface area contributed by atoms with Gasteiger partial charge in [-0.15, -0.1) is 0 Å². The van der Waals surface area contributed by atoms with E-state index in [4.69, 9.17) is 5.14 Å². The Kier molecular flexibility index (Phi) is 2.76. The molecule has 6 nitrogen and oxygen atoms in total. The molecule has 2 heterocycles. The molecular formula is C7H16N4O2S. The number of likely N-dealkylation sites (tertiary alicyclic amines) is 1. The molecule has 0 amide bonds. The second-order valence-corrected chi connectivity index (χ2v) is 5.31. The first-order valence-corrected chi connectivity index (χ1v) is 6.33. The normalized spacial score (nSPS) is 31.4. The molecule has 0 aromatic heterocycles. The molecule has 0 aromatic rings. The van der Waals surface area contributed by atoms with Crippen LogP contribution in [0.2, 0.25) is 0 Å².